The number of aliphatic carboxylic acids is 1. The summed E-state index contributed by atoms with van der Waals surface area (Å²) in [5, 5.41) is 11.9. The molecule has 4 nitrogen and oxygen atoms in total. The van der Waals surface area contributed by atoms with Gasteiger partial charge in [0.15, 0.2) is 0 Å². The average Bonchev–Trinajstić information content (AvgIpc) is 2.59. The van der Waals surface area contributed by atoms with Gasteiger partial charge in [0.25, 0.3) is 0 Å². The summed E-state index contributed by atoms with van der Waals surface area (Å²) in [6.45, 7) is 0. The van der Waals surface area contributed by atoms with E-state index in [0.717, 1.165) is 38.5 Å². The summed E-state index contributed by atoms with van der Waals surface area (Å²) in [4.78, 5) is 22.8. The van der Waals surface area contributed by atoms with Gasteiger partial charge < -0.3 is 10.4 Å². The standard InChI is InChI=1S/C13H21NO3/c15-11(8-10-4-3-5-10)14-13(9-12(16)17)6-1-2-7-13/h10H,1-9H2,(H,14,15)(H,16,17). The molecule has 2 N–H and O–H groups in total. The summed E-state index contributed by atoms with van der Waals surface area (Å²) in [6.07, 6.45) is 7.88. The first-order valence-electron chi connectivity index (χ1n) is 6.62. The molecule has 0 aromatic heterocycles. The Kier molecular flexibility index (Phi) is 3.69. The first-order valence-corrected chi connectivity index (χ1v) is 6.62. The van der Waals surface area contributed by atoms with Crippen LogP contribution in [0.4, 0.5) is 0 Å². The minimum Gasteiger partial charge on any atom is -0.481 e. The van der Waals surface area contributed by atoms with Crippen molar-refractivity contribution in [2.45, 2.75) is 63.3 Å². The molecule has 0 spiro atoms. The Morgan fingerprint density at radius 1 is 1.18 bits per heavy atom. The van der Waals surface area contributed by atoms with Crippen LogP contribution in [0, 0.1) is 5.92 Å². The molecule has 2 rings (SSSR count). The lowest BCUT2D eigenvalue weighted by molar-refractivity contribution is -0.139. The van der Waals surface area contributed by atoms with E-state index in [0.29, 0.717) is 12.3 Å². The van der Waals surface area contributed by atoms with Crippen molar-refractivity contribution in [3.05, 3.63) is 0 Å². The Bertz CT molecular complexity index is 304. The summed E-state index contributed by atoms with van der Waals surface area (Å²) in [5.74, 6) is -0.216. The second-order valence-electron chi connectivity index (χ2n) is 5.61. The van der Waals surface area contributed by atoms with Crippen LogP contribution in [0.1, 0.15) is 57.8 Å². The van der Waals surface area contributed by atoms with E-state index < -0.39 is 11.5 Å². The highest BCUT2D eigenvalue weighted by Crippen LogP contribution is 2.34. The largest absolute Gasteiger partial charge is 0.481 e. The van der Waals surface area contributed by atoms with Gasteiger partial charge in [0, 0.05) is 6.42 Å². The van der Waals surface area contributed by atoms with Gasteiger partial charge in [-0.1, -0.05) is 19.3 Å². The first-order chi connectivity index (χ1) is 8.10. The third-order valence-electron chi connectivity index (χ3n) is 4.15. The summed E-state index contributed by atoms with van der Waals surface area (Å²) in [5.41, 5.74) is -0.452. The van der Waals surface area contributed by atoms with Gasteiger partial charge in [-0.25, -0.2) is 0 Å². The highest BCUT2D eigenvalue weighted by atomic mass is 16.4. The molecule has 2 saturated carbocycles. The van der Waals surface area contributed by atoms with E-state index in [4.69, 9.17) is 5.11 Å². The van der Waals surface area contributed by atoms with Crippen LogP contribution in [0.5, 0.6) is 0 Å². The Balaban J connectivity index is 1.87. The molecule has 0 saturated heterocycles. The number of carbonyl (C=O) groups excluding carboxylic acids is 1. The summed E-state index contributed by atoms with van der Waals surface area (Å²) < 4.78 is 0. The van der Waals surface area contributed by atoms with Crippen molar-refractivity contribution in [1.29, 1.82) is 0 Å². The van der Waals surface area contributed by atoms with Crippen LogP contribution in [-0.4, -0.2) is 22.5 Å². The molecule has 0 aromatic carbocycles. The minimum absolute atomic E-state index is 0.0536. The number of nitrogens with one attached hydrogen (secondary N) is 1. The summed E-state index contributed by atoms with van der Waals surface area (Å²) in [7, 11) is 0. The third-order valence-corrected chi connectivity index (χ3v) is 4.15. The van der Waals surface area contributed by atoms with Crippen LogP contribution < -0.4 is 5.32 Å². The Labute approximate surface area is 102 Å². The number of hydrogen-bond acceptors (Lipinski definition) is 2. The zero-order valence-electron chi connectivity index (χ0n) is 10.2. The van der Waals surface area contributed by atoms with Crippen LogP contribution in [0.2, 0.25) is 0 Å². The lowest BCUT2D eigenvalue weighted by Crippen LogP contribution is -2.48. The molecule has 4 heteroatoms. The second kappa shape index (κ2) is 5.07. The van der Waals surface area contributed by atoms with Gasteiger partial charge in [-0.05, 0) is 31.6 Å². The second-order valence-corrected chi connectivity index (χ2v) is 5.61. The molecule has 2 aliphatic rings. The SMILES string of the molecule is O=C(O)CC1(NC(=O)CC2CCC2)CCCC1. The molecule has 2 aliphatic carbocycles. The number of hydrogen-bond donors (Lipinski definition) is 2. The molecular weight excluding hydrogens is 218 g/mol. The van der Waals surface area contributed by atoms with E-state index in [9.17, 15) is 9.59 Å². The zero-order valence-corrected chi connectivity index (χ0v) is 10.2. The van der Waals surface area contributed by atoms with Crippen molar-refractivity contribution in [2.75, 3.05) is 0 Å². The van der Waals surface area contributed by atoms with Crippen molar-refractivity contribution in [3.63, 3.8) is 0 Å². The topological polar surface area (TPSA) is 66.4 Å². The molecule has 17 heavy (non-hydrogen) atoms. The van der Waals surface area contributed by atoms with Crippen molar-refractivity contribution >= 4 is 11.9 Å². The Morgan fingerprint density at radius 3 is 2.29 bits per heavy atom. The molecule has 0 heterocycles. The predicted molar refractivity (Wildman–Crippen MR) is 63.6 cm³/mol. The third kappa shape index (κ3) is 3.20. The Morgan fingerprint density at radius 2 is 1.82 bits per heavy atom. The van der Waals surface area contributed by atoms with Gasteiger partial charge in [0.05, 0.1) is 12.0 Å². The van der Waals surface area contributed by atoms with E-state index in [1.165, 1.54) is 6.42 Å². The van der Waals surface area contributed by atoms with E-state index in [1.807, 2.05) is 0 Å². The smallest absolute Gasteiger partial charge is 0.305 e. The van der Waals surface area contributed by atoms with Crippen molar-refractivity contribution in [2.24, 2.45) is 5.92 Å². The maximum atomic E-state index is 11.9. The molecule has 0 radical (unpaired) electrons. The molecule has 0 atom stereocenters. The zero-order chi connectivity index (χ0) is 12.3. The highest BCUT2D eigenvalue weighted by Gasteiger charge is 2.37. The van der Waals surface area contributed by atoms with Gasteiger partial charge >= 0.3 is 5.97 Å². The fourth-order valence-corrected chi connectivity index (χ4v) is 2.99. The van der Waals surface area contributed by atoms with Crippen LogP contribution in [0.15, 0.2) is 0 Å². The Hall–Kier alpha value is -1.06. The predicted octanol–water partition coefficient (Wildman–Crippen LogP) is 2.08. The lowest BCUT2D eigenvalue weighted by Gasteiger charge is -2.31. The van der Waals surface area contributed by atoms with Crippen LogP contribution in [-0.2, 0) is 9.59 Å². The average molecular weight is 239 g/mol. The number of carboxylic acid groups (broad SMARTS) is 1. The number of carbonyl (C=O) groups is 2. The molecule has 0 bridgehead atoms. The van der Waals surface area contributed by atoms with Crippen LogP contribution >= 0.6 is 0 Å². The fourth-order valence-electron chi connectivity index (χ4n) is 2.99. The van der Waals surface area contributed by atoms with Crippen molar-refractivity contribution in [1.82, 2.24) is 5.32 Å². The molecule has 1 amide bonds. The van der Waals surface area contributed by atoms with E-state index in [2.05, 4.69) is 5.32 Å². The van der Waals surface area contributed by atoms with E-state index >= 15 is 0 Å². The van der Waals surface area contributed by atoms with E-state index in [-0.39, 0.29) is 12.3 Å². The molecule has 96 valence electrons. The maximum Gasteiger partial charge on any atom is 0.305 e. The van der Waals surface area contributed by atoms with Gasteiger partial charge in [0.2, 0.25) is 5.91 Å². The number of amides is 1. The van der Waals surface area contributed by atoms with Gasteiger partial charge in [-0.2, -0.15) is 0 Å². The first kappa shape index (κ1) is 12.4. The summed E-state index contributed by atoms with van der Waals surface area (Å²) >= 11 is 0. The van der Waals surface area contributed by atoms with Gasteiger partial charge in [-0.15, -0.1) is 0 Å². The van der Waals surface area contributed by atoms with E-state index in [1.54, 1.807) is 0 Å². The monoisotopic (exact) mass is 239 g/mol. The quantitative estimate of drug-likeness (QED) is 0.772. The molecule has 2 fully saturated rings. The number of rotatable bonds is 5. The normalized spacial score (nSPS) is 23.1. The van der Waals surface area contributed by atoms with Crippen LogP contribution in [0.25, 0.3) is 0 Å². The molecule has 0 aromatic rings. The number of carboxylic acids is 1. The molecular formula is C13H21NO3. The van der Waals surface area contributed by atoms with Crippen molar-refractivity contribution in [3.8, 4) is 0 Å². The van der Waals surface area contributed by atoms with Gasteiger partial charge in [0.1, 0.15) is 0 Å². The maximum absolute atomic E-state index is 11.9. The molecule has 0 aliphatic heterocycles. The fraction of sp³-hybridized carbons (Fsp3) is 0.846. The molecule has 0 unspecified atom stereocenters. The van der Waals surface area contributed by atoms with Crippen molar-refractivity contribution < 1.29 is 14.7 Å². The minimum atomic E-state index is -0.809. The van der Waals surface area contributed by atoms with Gasteiger partial charge in [-0.3, -0.25) is 9.59 Å². The highest BCUT2D eigenvalue weighted by molar-refractivity contribution is 5.78. The summed E-state index contributed by atoms with van der Waals surface area (Å²) in [6, 6.07) is 0. The lowest BCUT2D eigenvalue weighted by atomic mass is 9.82. The van der Waals surface area contributed by atoms with Crippen LogP contribution in [0.3, 0.4) is 0 Å².